The van der Waals surface area contributed by atoms with Gasteiger partial charge >= 0.3 is 0 Å². The van der Waals surface area contributed by atoms with Gasteiger partial charge in [0.25, 0.3) is 0 Å². The molecular weight excluding hydrogens is 564 g/mol. The first kappa shape index (κ1) is 30.0. The highest BCUT2D eigenvalue weighted by Crippen LogP contribution is 2.51. The van der Waals surface area contributed by atoms with E-state index in [1.807, 2.05) is 11.9 Å². The van der Waals surface area contributed by atoms with E-state index >= 15 is 0 Å². The molecule has 222 valence electrons. The molecular formula is C39H44ClN2S+. The fraction of sp³-hybridized carbons (Fsp3) is 0.359. The predicted octanol–water partition coefficient (Wildman–Crippen LogP) is 11.1. The molecule has 0 radical (unpaired) electrons. The maximum absolute atomic E-state index is 7.18. The van der Waals surface area contributed by atoms with Crippen LogP contribution in [0.2, 0.25) is 0 Å². The zero-order valence-corrected chi connectivity index (χ0v) is 28.1. The van der Waals surface area contributed by atoms with Crippen molar-refractivity contribution >= 4 is 51.4 Å². The summed E-state index contributed by atoms with van der Waals surface area (Å²) in [4.78, 5) is 0. The standard InChI is InChI=1S/C39H44ClN2S/c1-7-8-26-43-42-32-19-12-11-18-31(32)38(2,3)35(42)25-22-29-16-13-15-28(37(29)40)21-24-34-39(4,5)36-30-17-10-9-14-27(30)20-23-33(36)41(34)6/h9-12,14,17-25H,7-8,13,15-16,26H2,1-6H3/q+1. The molecule has 3 aliphatic rings. The lowest BCUT2D eigenvalue weighted by Gasteiger charge is -2.26. The van der Waals surface area contributed by atoms with E-state index in [1.165, 1.54) is 68.7 Å². The SMILES string of the molecule is CCCCSN1/C(=C/C=C2\CCCC(/C=C/C3=[N+](C)c4ccc5ccccc5c4C3(C)C)=C2Cl)C(C)(C)c2ccccc21. The molecule has 0 amide bonds. The van der Waals surface area contributed by atoms with Crippen LogP contribution in [0.4, 0.5) is 11.4 Å². The molecule has 0 aromatic heterocycles. The molecule has 0 saturated heterocycles. The van der Waals surface area contributed by atoms with Gasteiger partial charge in [0, 0.05) is 39.6 Å². The first-order valence-corrected chi connectivity index (χ1v) is 17.1. The average Bonchev–Trinajstić information content (AvgIpc) is 3.34. The Bertz CT molecular complexity index is 1730. The molecule has 43 heavy (non-hydrogen) atoms. The molecule has 0 saturated carbocycles. The van der Waals surface area contributed by atoms with Crippen molar-refractivity contribution < 1.29 is 4.58 Å². The van der Waals surface area contributed by atoms with Crippen LogP contribution in [0.5, 0.6) is 0 Å². The summed E-state index contributed by atoms with van der Waals surface area (Å²) in [5.41, 5.74) is 10.4. The number of nitrogens with zero attached hydrogens (tertiary/aromatic N) is 2. The van der Waals surface area contributed by atoms with Crippen LogP contribution >= 0.6 is 23.5 Å². The van der Waals surface area contributed by atoms with Gasteiger partial charge in [-0.25, -0.2) is 0 Å². The second-order valence-electron chi connectivity index (χ2n) is 13.1. The summed E-state index contributed by atoms with van der Waals surface area (Å²) in [6.45, 7) is 11.7. The Morgan fingerprint density at radius 3 is 2.49 bits per heavy atom. The molecule has 0 spiro atoms. The minimum Gasteiger partial charge on any atom is -0.287 e. The summed E-state index contributed by atoms with van der Waals surface area (Å²) in [6.07, 6.45) is 14.8. The molecule has 4 heteroatoms. The van der Waals surface area contributed by atoms with Crippen LogP contribution in [0, 0.1) is 0 Å². The number of halogens is 1. The summed E-state index contributed by atoms with van der Waals surface area (Å²) in [6, 6.07) is 22.1. The van der Waals surface area contributed by atoms with Crippen molar-refractivity contribution in [2.45, 2.75) is 77.6 Å². The molecule has 2 heterocycles. The Morgan fingerprint density at radius 2 is 1.67 bits per heavy atom. The van der Waals surface area contributed by atoms with Gasteiger partial charge in [0.05, 0.1) is 11.1 Å². The van der Waals surface area contributed by atoms with Crippen molar-refractivity contribution in [3.05, 3.63) is 118 Å². The quantitative estimate of drug-likeness (QED) is 0.150. The van der Waals surface area contributed by atoms with Crippen LogP contribution in [-0.4, -0.2) is 23.1 Å². The van der Waals surface area contributed by atoms with Crippen LogP contribution in [0.1, 0.15) is 77.8 Å². The van der Waals surface area contributed by atoms with Crippen LogP contribution in [0.3, 0.4) is 0 Å². The number of benzene rings is 3. The minimum atomic E-state index is -0.103. The third-order valence-corrected chi connectivity index (χ3v) is 11.2. The van der Waals surface area contributed by atoms with E-state index in [1.54, 1.807) is 0 Å². The van der Waals surface area contributed by atoms with Crippen LogP contribution in [-0.2, 0) is 10.8 Å². The van der Waals surface area contributed by atoms with E-state index < -0.39 is 0 Å². The summed E-state index contributed by atoms with van der Waals surface area (Å²) in [5, 5.41) is 3.55. The smallest absolute Gasteiger partial charge is 0.210 e. The molecule has 0 fully saturated rings. The summed E-state index contributed by atoms with van der Waals surface area (Å²) >= 11 is 9.12. The third kappa shape index (κ3) is 5.23. The maximum atomic E-state index is 7.18. The van der Waals surface area contributed by atoms with E-state index in [0.717, 1.165) is 30.0 Å². The molecule has 3 aromatic rings. The van der Waals surface area contributed by atoms with E-state index in [2.05, 4.69) is 136 Å². The van der Waals surface area contributed by atoms with E-state index in [0.29, 0.717) is 0 Å². The average molecular weight is 608 g/mol. The molecule has 6 rings (SSSR count). The second kappa shape index (κ2) is 11.8. The topological polar surface area (TPSA) is 6.25 Å². The van der Waals surface area contributed by atoms with Crippen molar-refractivity contribution in [2.75, 3.05) is 17.1 Å². The lowest BCUT2D eigenvalue weighted by atomic mass is 9.79. The van der Waals surface area contributed by atoms with Crippen molar-refractivity contribution in [2.24, 2.45) is 0 Å². The molecule has 0 N–H and O–H groups in total. The summed E-state index contributed by atoms with van der Waals surface area (Å²) in [5.74, 6) is 1.12. The summed E-state index contributed by atoms with van der Waals surface area (Å²) < 4.78 is 4.83. The van der Waals surface area contributed by atoms with Gasteiger partial charge in [0.15, 0.2) is 5.71 Å². The maximum Gasteiger partial charge on any atom is 0.210 e. The Balaban J connectivity index is 1.32. The molecule has 2 aliphatic heterocycles. The normalized spacial score (nSPS) is 21.1. The zero-order chi connectivity index (χ0) is 30.4. The first-order valence-electron chi connectivity index (χ1n) is 15.8. The Labute approximate surface area is 267 Å². The number of fused-ring (bicyclic) bond motifs is 4. The number of para-hydroxylation sites is 1. The molecule has 1 aliphatic carbocycles. The van der Waals surface area contributed by atoms with Crippen molar-refractivity contribution in [3.8, 4) is 0 Å². The van der Waals surface area contributed by atoms with Gasteiger partial charge in [-0.05, 0) is 97.2 Å². The highest BCUT2D eigenvalue weighted by Gasteiger charge is 2.44. The highest BCUT2D eigenvalue weighted by atomic mass is 35.5. The number of hydrogen-bond donors (Lipinski definition) is 0. The van der Waals surface area contributed by atoms with Gasteiger partial charge in [0.2, 0.25) is 5.69 Å². The number of anilines is 1. The van der Waals surface area contributed by atoms with Gasteiger partial charge in [0.1, 0.15) is 7.05 Å². The number of hydrogen-bond acceptors (Lipinski definition) is 2. The Morgan fingerprint density at radius 1 is 0.907 bits per heavy atom. The van der Waals surface area contributed by atoms with E-state index in [-0.39, 0.29) is 10.8 Å². The Hall–Kier alpha value is -3.01. The molecule has 0 bridgehead atoms. The number of rotatable bonds is 7. The monoisotopic (exact) mass is 607 g/mol. The third-order valence-electron chi connectivity index (χ3n) is 9.61. The predicted molar refractivity (Wildman–Crippen MR) is 189 cm³/mol. The van der Waals surface area contributed by atoms with Gasteiger partial charge in [-0.3, -0.25) is 4.31 Å². The largest absolute Gasteiger partial charge is 0.287 e. The lowest BCUT2D eigenvalue weighted by molar-refractivity contribution is -0.401. The van der Waals surface area contributed by atoms with Crippen LogP contribution in [0.15, 0.2) is 107 Å². The van der Waals surface area contributed by atoms with Gasteiger partial charge < -0.3 is 0 Å². The zero-order valence-electron chi connectivity index (χ0n) is 26.5. The second-order valence-corrected chi connectivity index (χ2v) is 14.6. The molecule has 0 unspecified atom stereocenters. The van der Waals surface area contributed by atoms with Crippen molar-refractivity contribution in [1.82, 2.24) is 0 Å². The van der Waals surface area contributed by atoms with Crippen LogP contribution in [0.25, 0.3) is 10.8 Å². The van der Waals surface area contributed by atoms with Crippen LogP contribution < -0.4 is 4.31 Å². The lowest BCUT2D eigenvalue weighted by Crippen LogP contribution is -2.27. The fourth-order valence-electron chi connectivity index (χ4n) is 7.18. The number of allylic oxidation sites excluding steroid dienone is 8. The molecule has 0 atom stereocenters. The molecule has 2 nitrogen and oxygen atoms in total. The van der Waals surface area contributed by atoms with Gasteiger partial charge in [-0.15, -0.1) is 0 Å². The minimum absolute atomic E-state index is 0.0606. The van der Waals surface area contributed by atoms with E-state index in [4.69, 9.17) is 11.6 Å². The molecule has 3 aromatic carbocycles. The highest BCUT2D eigenvalue weighted by molar-refractivity contribution is 8.00. The van der Waals surface area contributed by atoms with Crippen molar-refractivity contribution in [1.29, 1.82) is 0 Å². The van der Waals surface area contributed by atoms with E-state index in [9.17, 15) is 0 Å². The van der Waals surface area contributed by atoms with Crippen molar-refractivity contribution in [3.63, 3.8) is 0 Å². The number of unbranched alkanes of at least 4 members (excludes halogenated alkanes) is 1. The van der Waals surface area contributed by atoms with Gasteiger partial charge in [-0.1, -0.05) is 93.4 Å². The Kier molecular flexibility index (Phi) is 8.26. The fourth-order valence-corrected chi connectivity index (χ4v) is 8.82. The van der Waals surface area contributed by atoms with Gasteiger partial charge in [-0.2, -0.15) is 4.58 Å². The first-order chi connectivity index (χ1) is 20.7. The summed E-state index contributed by atoms with van der Waals surface area (Å²) in [7, 11) is 2.20.